The largest absolute Gasteiger partial charge is 0.494 e. The first-order valence-electron chi connectivity index (χ1n) is 9.04. The van der Waals surface area contributed by atoms with Crippen LogP contribution in [0.3, 0.4) is 0 Å². The van der Waals surface area contributed by atoms with Crippen molar-refractivity contribution in [2.45, 2.75) is 6.92 Å². The van der Waals surface area contributed by atoms with Crippen LogP contribution in [0.2, 0.25) is 0 Å². The Balaban J connectivity index is 1.79. The molecule has 27 heavy (non-hydrogen) atoms. The first-order valence-corrected chi connectivity index (χ1v) is 9.04. The minimum Gasteiger partial charge on any atom is -0.494 e. The van der Waals surface area contributed by atoms with E-state index in [0.29, 0.717) is 12.2 Å². The number of carbonyl (C=O) groups is 1. The minimum atomic E-state index is -0.359. The molecule has 0 spiro atoms. The number of benzene rings is 1. The number of para-hydroxylation sites is 1. The summed E-state index contributed by atoms with van der Waals surface area (Å²) in [6.07, 6.45) is 0. The monoisotopic (exact) mass is 373 g/mol. The molecule has 1 saturated heterocycles. The maximum atomic E-state index is 12.6. The van der Waals surface area contributed by atoms with Gasteiger partial charge in [-0.2, -0.15) is 9.78 Å². The summed E-state index contributed by atoms with van der Waals surface area (Å²) in [6.45, 7) is 6.60. The van der Waals surface area contributed by atoms with Gasteiger partial charge in [-0.15, -0.1) is 0 Å². The van der Waals surface area contributed by atoms with Gasteiger partial charge >= 0.3 is 0 Å². The maximum Gasteiger partial charge on any atom is 0.275 e. The third-order valence-electron chi connectivity index (χ3n) is 4.64. The zero-order valence-electron chi connectivity index (χ0n) is 15.7. The van der Waals surface area contributed by atoms with Gasteiger partial charge in [-0.25, -0.2) is 0 Å². The predicted octanol–water partition coefficient (Wildman–Crippen LogP) is -0.806. The van der Waals surface area contributed by atoms with Gasteiger partial charge in [-0.1, -0.05) is 18.2 Å². The van der Waals surface area contributed by atoms with E-state index in [-0.39, 0.29) is 22.9 Å². The number of rotatable bonds is 6. The van der Waals surface area contributed by atoms with Crippen LogP contribution in [-0.2, 0) is 4.74 Å². The van der Waals surface area contributed by atoms with E-state index in [0.717, 1.165) is 38.4 Å². The summed E-state index contributed by atoms with van der Waals surface area (Å²) in [4.78, 5) is 26.5. The number of aromatic nitrogens is 2. The Hall–Kier alpha value is -2.71. The Morgan fingerprint density at radius 1 is 1.33 bits per heavy atom. The molecule has 3 rings (SSSR count). The van der Waals surface area contributed by atoms with E-state index >= 15 is 0 Å². The van der Waals surface area contributed by atoms with Gasteiger partial charge in [0.05, 0.1) is 45.2 Å². The number of methoxy groups -OCH3 is 1. The Kier molecular flexibility index (Phi) is 6.20. The summed E-state index contributed by atoms with van der Waals surface area (Å²) >= 11 is 0. The standard InChI is InChI=1S/C19H24N4O4/c1-14-5-3-4-6-15(14)23-17(24)13-16(26-2)18(21-23)19(25)20-7-8-22-9-11-27-12-10-22/h3-6,13H,7-12H2,1-2H3,(H,20,25)/p+1. The van der Waals surface area contributed by atoms with Crippen LogP contribution in [0.4, 0.5) is 0 Å². The van der Waals surface area contributed by atoms with Crippen molar-refractivity contribution in [1.29, 1.82) is 0 Å². The maximum absolute atomic E-state index is 12.6. The third kappa shape index (κ3) is 4.53. The SMILES string of the molecule is COc1cc(=O)n(-c2ccccc2C)nc1C(=O)NCC[NH+]1CCOCC1. The fraction of sp³-hybridized carbons (Fsp3) is 0.421. The number of nitrogens with one attached hydrogen (secondary N) is 2. The lowest BCUT2D eigenvalue weighted by atomic mass is 10.2. The van der Waals surface area contributed by atoms with Gasteiger partial charge < -0.3 is 19.7 Å². The lowest BCUT2D eigenvalue weighted by Crippen LogP contribution is -3.14. The van der Waals surface area contributed by atoms with Crippen molar-refractivity contribution in [2.75, 3.05) is 46.5 Å². The van der Waals surface area contributed by atoms with Gasteiger partial charge in [-0.05, 0) is 18.6 Å². The zero-order valence-corrected chi connectivity index (χ0v) is 15.7. The van der Waals surface area contributed by atoms with Gasteiger partial charge in [0.15, 0.2) is 11.4 Å². The molecule has 0 radical (unpaired) electrons. The molecule has 8 heteroatoms. The number of nitrogens with zero attached hydrogens (tertiary/aromatic N) is 2. The lowest BCUT2D eigenvalue weighted by molar-refractivity contribution is -0.906. The van der Waals surface area contributed by atoms with Crippen LogP contribution in [0, 0.1) is 6.92 Å². The first-order chi connectivity index (χ1) is 13.1. The van der Waals surface area contributed by atoms with Crippen LogP contribution >= 0.6 is 0 Å². The highest BCUT2D eigenvalue weighted by Crippen LogP contribution is 2.15. The van der Waals surface area contributed by atoms with Gasteiger partial charge in [-0.3, -0.25) is 9.59 Å². The first kappa shape index (κ1) is 19.1. The van der Waals surface area contributed by atoms with Gasteiger partial charge in [0.25, 0.3) is 11.5 Å². The van der Waals surface area contributed by atoms with Crippen LogP contribution in [0.5, 0.6) is 5.75 Å². The molecule has 1 aromatic heterocycles. The second-order valence-corrected chi connectivity index (χ2v) is 6.47. The molecule has 1 aliphatic rings. The quantitative estimate of drug-likeness (QED) is 0.692. The topological polar surface area (TPSA) is 86.9 Å². The molecule has 0 unspecified atom stereocenters. The molecular weight excluding hydrogens is 348 g/mol. The second kappa shape index (κ2) is 8.79. The van der Waals surface area contributed by atoms with Crippen molar-refractivity contribution in [2.24, 2.45) is 0 Å². The number of aryl methyl sites for hydroxylation is 1. The van der Waals surface area contributed by atoms with Crippen molar-refractivity contribution in [3.05, 3.63) is 51.9 Å². The molecule has 2 heterocycles. The number of morpholine rings is 1. The van der Waals surface area contributed by atoms with Gasteiger partial charge in [0.1, 0.15) is 13.1 Å². The number of hydrogen-bond acceptors (Lipinski definition) is 5. The molecule has 2 N–H and O–H groups in total. The molecule has 0 bridgehead atoms. The number of quaternary nitrogens is 1. The summed E-state index contributed by atoms with van der Waals surface area (Å²) in [5, 5.41) is 7.16. The highest BCUT2D eigenvalue weighted by molar-refractivity contribution is 5.94. The highest BCUT2D eigenvalue weighted by atomic mass is 16.5. The molecule has 2 aromatic rings. The molecule has 1 amide bonds. The predicted molar refractivity (Wildman–Crippen MR) is 99.8 cm³/mol. The second-order valence-electron chi connectivity index (χ2n) is 6.47. The smallest absolute Gasteiger partial charge is 0.275 e. The van der Waals surface area contributed by atoms with Gasteiger partial charge in [0.2, 0.25) is 0 Å². The molecule has 1 fully saturated rings. The molecule has 0 aliphatic carbocycles. The summed E-state index contributed by atoms with van der Waals surface area (Å²) in [7, 11) is 1.42. The van der Waals surface area contributed by atoms with Crippen LogP contribution in [-0.4, -0.2) is 62.2 Å². The number of ether oxygens (including phenoxy) is 2. The zero-order chi connectivity index (χ0) is 19.2. The Morgan fingerprint density at radius 3 is 2.78 bits per heavy atom. The van der Waals surface area contributed by atoms with E-state index in [1.165, 1.54) is 22.8 Å². The number of amides is 1. The van der Waals surface area contributed by atoms with E-state index in [2.05, 4.69) is 10.4 Å². The van der Waals surface area contributed by atoms with E-state index in [1.807, 2.05) is 25.1 Å². The van der Waals surface area contributed by atoms with Gasteiger partial charge in [0, 0.05) is 0 Å². The van der Waals surface area contributed by atoms with Crippen molar-refractivity contribution >= 4 is 5.91 Å². The highest BCUT2D eigenvalue weighted by Gasteiger charge is 2.19. The van der Waals surface area contributed by atoms with E-state index in [1.54, 1.807) is 6.07 Å². The molecular formula is C19H25N4O4+. The Bertz CT molecular complexity index is 859. The summed E-state index contributed by atoms with van der Waals surface area (Å²) in [5.41, 5.74) is 1.27. The van der Waals surface area contributed by atoms with Crippen LogP contribution in [0.1, 0.15) is 16.1 Å². The van der Waals surface area contributed by atoms with Crippen molar-refractivity contribution < 1.29 is 19.2 Å². The Labute approximate surface area is 157 Å². The summed E-state index contributed by atoms with van der Waals surface area (Å²) < 4.78 is 11.8. The van der Waals surface area contributed by atoms with Crippen molar-refractivity contribution in [3.8, 4) is 11.4 Å². The molecule has 0 atom stereocenters. The van der Waals surface area contributed by atoms with Crippen LogP contribution in [0.15, 0.2) is 35.1 Å². The summed E-state index contributed by atoms with van der Waals surface area (Å²) in [5.74, 6) is -0.192. The number of hydrogen-bond donors (Lipinski definition) is 2. The van der Waals surface area contributed by atoms with E-state index < -0.39 is 0 Å². The average molecular weight is 373 g/mol. The van der Waals surface area contributed by atoms with Crippen LogP contribution in [0.25, 0.3) is 5.69 Å². The molecule has 0 saturated carbocycles. The fourth-order valence-corrected chi connectivity index (χ4v) is 3.07. The average Bonchev–Trinajstić information content (AvgIpc) is 2.69. The lowest BCUT2D eigenvalue weighted by Gasteiger charge is -2.23. The van der Waals surface area contributed by atoms with Crippen molar-refractivity contribution in [3.63, 3.8) is 0 Å². The normalized spacial score (nSPS) is 14.7. The van der Waals surface area contributed by atoms with E-state index in [9.17, 15) is 9.59 Å². The Morgan fingerprint density at radius 2 is 2.07 bits per heavy atom. The fourth-order valence-electron chi connectivity index (χ4n) is 3.07. The molecule has 1 aromatic carbocycles. The number of carbonyl (C=O) groups excluding carboxylic acids is 1. The molecule has 144 valence electrons. The summed E-state index contributed by atoms with van der Waals surface area (Å²) in [6, 6.07) is 8.68. The molecule has 1 aliphatic heterocycles. The molecule has 8 nitrogen and oxygen atoms in total. The minimum absolute atomic E-state index is 0.0948. The van der Waals surface area contributed by atoms with E-state index in [4.69, 9.17) is 9.47 Å². The van der Waals surface area contributed by atoms with Crippen molar-refractivity contribution in [1.82, 2.24) is 15.1 Å². The van der Waals surface area contributed by atoms with Crippen LogP contribution < -0.4 is 20.5 Å². The third-order valence-corrected chi connectivity index (χ3v) is 4.64.